The molecule has 0 spiro atoms. The Labute approximate surface area is 97.4 Å². The molecule has 0 fully saturated rings. The number of nitrogen functional groups attached to an aromatic ring is 1. The number of rotatable bonds is 1. The number of hydrogen-bond donors (Lipinski definition) is 1. The second-order valence-corrected chi connectivity index (χ2v) is 3.54. The van der Waals surface area contributed by atoms with Crippen molar-refractivity contribution in [2.75, 3.05) is 5.73 Å². The van der Waals surface area contributed by atoms with E-state index in [4.69, 9.17) is 5.73 Å². The Morgan fingerprint density at radius 3 is 1.72 bits per heavy atom. The summed E-state index contributed by atoms with van der Waals surface area (Å²) in [7, 11) is 0. The van der Waals surface area contributed by atoms with Gasteiger partial charge in [-0.1, -0.05) is 0 Å². The molecule has 0 bridgehead atoms. The minimum absolute atomic E-state index is 0.125. The van der Waals surface area contributed by atoms with E-state index in [1.807, 2.05) is 0 Å². The van der Waals surface area contributed by atoms with Gasteiger partial charge in [-0.2, -0.15) is 26.3 Å². The molecule has 0 aliphatic carbocycles. The van der Waals surface area contributed by atoms with Gasteiger partial charge in [0.05, 0.1) is 11.1 Å². The smallest absolute Gasteiger partial charge is 0.398 e. The quantitative estimate of drug-likeness (QED) is 0.482. The lowest BCUT2D eigenvalue weighted by Gasteiger charge is -2.17. The molecule has 0 atom stereocenters. The van der Waals surface area contributed by atoms with Crippen molar-refractivity contribution in [1.29, 1.82) is 0 Å². The van der Waals surface area contributed by atoms with Crippen LogP contribution in [0, 0.1) is 0 Å². The molecule has 0 saturated carbocycles. The number of benzene rings is 1. The number of carbonyl (C=O) groups is 1. The fourth-order valence-corrected chi connectivity index (χ4v) is 1.39. The van der Waals surface area contributed by atoms with Crippen molar-refractivity contribution in [3.8, 4) is 0 Å². The van der Waals surface area contributed by atoms with Crippen LogP contribution in [0.25, 0.3) is 0 Å². The number of ketones is 1. The fourth-order valence-electron chi connectivity index (χ4n) is 1.39. The van der Waals surface area contributed by atoms with E-state index in [2.05, 4.69) is 0 Å². The molecule has 0 aliphatic heterocycles. The van der Waals surface area contributed by atoms with Gasteiger partial charge in [-0.3, -0.25) is 4.79 Å². The predicted molar refractivity (Wildman–Crippen MR) is 50.9 cm³/mol. The molecular formula is C10H7F6NO. The maximum Gasteiger partial charge on any atom is 0.417 e. The summed E-state index contributed by atoms with van der Waals surface area (Å²) in [6, 6.07) is 0.250. The number of nitrogens with two attached hydrogens (primary N) is 1. The first-order valence-electron chi connectivity index (χ1n) is 4.53. The Morgan fingerprint density at radius 2 is 1.39 bits per heavy atom. The topological polar surface area (TPSA) is 43.1 Å². The molecule has 2 nitrogen and oxygen atoms in total. The SMILES string of the molecule is CC(=O)c1cc(C(F)(F)F)c(C(F)(F)F)cc1N. The third-order valence-electron chi connectivity index (χ3n) is 2.18. The number of hydrogen-bond acceptors (Lipinski definition) is 2. The normalized spacial score (nSPS) is 12.6. The predicted octanol–water partition coefficient (Wildman–Crippen LogP) is 3.51. The molecule has 0 unspecified atom stereocenters. The molecule has 0 heterocycles. The summed E-state index contributed by atoms with van der Waals surface area (Å²) in [5.41, 5.74) is 0.0921. The lowest BCUT2D eigenvalue weighted by molar-refractivity contribution is -0.162. The van der Waals surface area contributed by atoms with Gasteiger partial charge in [-0.05, 0) is 19.1 Å². The minimum atomic E-state index is -5.22. The third kappa shape index (κ3) is 2.74. The van der Waals surface area contributed by atoms with Gasteiger partial charge in [0, 0.05) is 11.3 Å². The largest absolute Gasteiger partial charge is 0.417 e. The summed E-state index contributed by atoms with van der Waals surface area (Å²) < 4.78 is 74.9. The number of Topliss-reactive ketones (excluding diaryl/α,β-unsaturated/α-hetero) is 1. The minimum Gasteiger partial charge on any atom is -0.398 e. The first-order chi connectivity index (χ1) is 7.94. The van der Waals surface area contributed by atoms with E-state index in [0.29, 0.717) is 0 Å². The van der Waals surface area contributed by atoms with E-state index in [-0.39, 0.29) is 12.1 Å². The van der Waals surface area contributed by atoms with Crippen molar-refractivity contribution >= 4 is 11.5 Å². The number of alkyl halides is 6. The lowest BCUT2D eigenvalue weighted by atomic mass is 9.99. The third-order valence-corrected chi connectivity index (χ3v) is 2.18. The van der Waals surface area contributed by atoms with Crippen LogP contribution in [0.2, 0.25) is 0 Å². The Hall–Kier alpha value is -1.73. The zero-order valence-corrected chi connectivity index (χ0v) is 8.91. The summed E-state index contributed by atoms with van der Waals surface area (Å²) in [6.45, 7) is 0.916. The van der Waals surface area contributed by atoms with Crippen molar-refractivity contribution in [1.82, 2.24) is 0 Å². The zero-order valence-electron chi connectivity index (χ0n) is 8.91. The highest BCUT2D eigenvalue weighted by molar-refractivity contribution is 5.99. The Balaban J connectivity index is 3.64. The Morgan fingerprint density at radius 1 is 1.00 bits per heavy atom. The van der Waals surface area contributed by atoms with Gasteiger partial charge in [0.2, 0.25) is 0 Å². The second kappa shape index (κ2) is 4.18. The van der Waals surface area contributed by atoms with Crippen LogP contribution in [0.5, 0.6) is 0 Å². The number of anilines is 1. The van der Waals surface area contributed by atoms with E-state index in [1.54, 1.807) is 0 Å². The van der Waals surface area contributed by atoms with Crippen LogP contribution < -0.4 is 5.73 Å². The molecule has 8 heteroatoms. The van der Waals surface area contributed by atoms with E-state index in [1.165, 1.54) is 0 Å². The van der Waals surface area contributed by atoms with Crippen LogP contribution >= 0.6 is 0 Å². The molecule has 18 heavy (non-hydrogen) atoms. The number of halogens is 6. The molecule has 1 aromatic rings. The zero-order chi connectivity index (χ0) is 14.3. The molecule has 0 aliphatic rings. The monoisotopic (exact) mass is 271 g/mol. The maximum absolute atomic E-state index is 12.5. The van der Waals surface area contributed by atoms with Crippen LogP contribution in [0.4, 0.5) is 32.0 Å². The second-order valence-electron chi connectivity index (χ2n) is 3.54. The van der Waals surface area contributed by atoms with Gasteiger partial charge >= 0.3 is 12.4 Å². The molecule has 0 radical (unpaired) electrons. The van der Waals surface area contributed by atoms with Gasteiger partial charge in [0.15, 0.2) is 5.78 Å². The van der Waals surface area contributed by atoms with Crippen LogP contribution in [0.3, 0.4) is 0 Å². The molecule has 1 aromatic carbocycles. The molecule has 2 N–H and O–H groups in total. The lowest BCUT2D eigenvalue weighted by Crippen LogP contribution is -2.18. The van der Waals surface area contributed by atoms with Gasteiger partial charge in [-0.15, -0.1) is 0 Å². The molecule has 100 valence electrons. The summed E-state index contributed by atoms with van der Waals surface area (Å²) in [5, 5.41) is 0. The average Bonchev–Trinajstić information content (AvgIpc) is 2.13. The van der Waals surface area contributed by atoms with Crippen LogP contribution in [-0.4, -0.2) is 5.78 Å². The first-order valence-corrected chi connectivity index (χ1v) is 4.53. The molecule has 0 saturated heterocycles. The van der Waals surface area contributed by atoms with Crippen molar-refractivity contribution in [3.05, 3.63) is 28.8 Å². The van der Waals surface area contributed by atoms with Gasteiger partial charge < -0.3 is 5.73 Å². The van der Waals surface area contributed by atoms with E-state index < -0.39 is 40.5 Å². The maximum atomic E-state index is 12.5. The highest BCUT2D eigenvalue weighted by Gasteiger charge is 2.43. The first kappa shape index (κ1) is 14.3. The number of carbonyl (C=O) groups excluding carboxylic acids is 1. The van der Waals surface area contributed by atoms with E-state index in [0.717, 1.165) is 6.92 Å². The van der Waals surface area contributed by atoms with E-state index >= 15 is 0 Å². The van der Waals surface area contributed by atoms with Crippen molar-refractivity contribution in [2.24, 2.45) is 0 Å². The fraction of sp³-hybridized carbons (Fsp3) is 0.300. The highest BCUT2D eigenvalue weighted by Crippen LogP contribution is 2.42. The Bertz CT molecular complexity index is 488. The standard InChI is InChI=1S/C10H7F6NO/c1-4(18)5-2-6(9(11,12)13)7(3-8(5)17)10(14,15)16/h2-3H,17H2,1H3. The summed E-state index contributed by atoms with van der Waals surface area (Å²) in [6.07, 6.45) is -10.4. The summed E-state index contributed by atoms with van der Waals surface area (Å²) in [4.78, 5) is 11.0. The van der Waals surface area contributed by atoms with Crippen molar-refractivity contribution in [3.63, 3.8) is 0 Å². The van der Waals surface area contributed by atoms with Crippen LogP contribution in [0.15, 0.2) is 12.1 Å². The van der Waals surface area contributed by atoms with Gasteiger partial charge in [0.1, 0.15) is 0 Å². The average molecular weight is 271 g/mol. The Kier molecular flexibility index (Phi) is 3.33. The van der Waals surface area contributed by atoms with E-state index in [9.17, 15) is 31.1 Å². The summed E-state index contributed by atoms with van der Waals surface area (Å²) in [5.74, 6) is -0.841. The molecule has 0 aromatic heterocycles. The molecule has 0 amide bonds. The van der Waals surface area contributed by atoms with Crippen molar-refractivity contribution in [2.45, 2.75) is 19.3 Å². The summed E-state index contributed by atoms with van der Waals surface area (Å²) >= 11 is 0. The molecular weight excluding hydrogens is 264 g/mol. The van der Waals surface area contributed by atoms with Crippen LogP contribution in [-0.2, 0) is 12.4 Å². The van der Waals surface area contributed by atoms with Gasteiger partial charge in [0.25, 0.3) is 0 Å². The van der Waals surface area contributed by atoms with Crippen molar-refractivity contribution < 1.29 is 31.1 Å². The van der Waals surface area contributed by atoms with Crippen LogP contribution in [0.1, 0.15) is 28.4 Å². The highest BCUT2D eigenvalue weighted by atomic mass is 19.4. The van der Waals surface area contributed by atoms with Gasteiger partial charge in [-0.25, -0.2) is 0 Å². The molecule has 1 rings (SSSR count).